The summed E-state index contributed by atoms with van der Waals surface area (Å²) in [6.07, 6.45) is 7.26. The largest absolute Gasteiger partial charge is 0.488 e. The van der Waals surface area contributed by atoms with Crippen LogP contribution in [0, 0.1) is 5.92 Å². The lowest BCUT2D eigenvalue weighted by molar-refractivity contribution is -0.136. The molecule has 1 unspecified atom stereocenters. The van der Waals surface area contributed by atoms with E-state index in [2.05, 4.69) is 58.1 Å². The van der Waals surface area contributed by atoms with Crippen molar-refractivity contribution >= 4 is 46.0 Å². The standard InChI is InChI=1S/C44H52N10O6/c1-44(11-12-44)60-30-3-5-35-34(23-30)40(49-48-35)36-24-38(46-27-45-36)53-20-21-59-31(26-53)10-13-50-16-18-51(19-17-50)25-28-8-14-52(15-9-28)29-2-4-32-33(22-29)43(58)54(42(32)57)37-6-7-39(55)47-41(37)56/h2-5,22-24,27-28,31,37H,6-21,25-26H2,1H3,(H,48,49)(H,47,55,56)/t31-,37?/m1/s1. The Morgan fingerprint density at radius 1 is 0.850 bits per heavy atom. The first-order valence-electron chi connectivity index (χ1n) is 21.6. The number of nitrogens with one attached hydrogen (secondary N) is 2. The van der Waals surface area contributed by atoms with Crippen molar-refractivity contribution in [3.63, 3.8) is 0 Å². The lowest BCUT2D eigenvalue weighted by Crippen LogP contribution is -2.54. The van der Waals surface area contributed by atoms with Crippen LogP contribution < -0.4 is 19.9 Å². The lowest BCUT2D eigenvalue weighted by Gasteiger charge is -2.40. The molecule has 6 aliphatic rings. The Kier molecular flexibility index (Phi) is 10.2. The van der Waals surface area contributed by atoms with Gasteiger partial charge in [-0.25, -0.2) is 9.97 Å². The molecule has 5 fully saturated rings. The van der Waals surface area contributed by atoms with Gasteiger partial charge in [0.15, 0.2) is 0 Å². The molecule has 16 heteroatoms. The molecule has 314 valence electrons. The van der Waals surface area contributed by atoms with Crippen LogP contribution in [0.3, 0.4) is 0 Å². The maximum Gasteiger partial charge on any atom is 0.262 e. The number of morpholine rings is 1. The number of fused-ring (bicyclic) bond motifs is 2. The zero-order chi connectivity index (χ0) is 41.0. The average molecular weight is 817 g/mol. The molecule has 2 atom stereocenters. The molecule has 4 amide bonds. The highest BCUT2D eigenvalue weighted by Crippen LogP contribution is 2.41. The van der Waals surface area contributed by atoms with E-state index >= 15 is 0 Å². The number of carbonyl (C=O) groups excluding carboxylic acids is 4. The Labute approximate surface area is 348 Å². The van der Waals surface area contributed by atoms with Crippen LogP contribution in [0.15, 0.2) is 48.8 Å². The fourth-order valence-corrected chi connectivity index (χ4v) is 9.48. The highest BCUT2D eigenvalue weighted by Gasteiger charge is 2.45. The predicted molar refractivity (Wildman–Crippen MR) is 223 cm³/mol. The number of piperidine rings is 2. The van der Waals surface area contributed by atoms with Gasteiger partial charge in [0.05, 0.1) is 35.0 Å². The maximum absolute atomic E-state index is 13.4. The molecular weight excluding hydrogens is 765 g/mol. The van der Waals surface area contributed by atoms with E-state index in [1.165, 1.54) is 0 Å². The first-order chi connectivity index (χ1) is 29.2. The van der Waals surface area contributed by atoms with Gasteiger partial charge in [0.2, 0.25) is 11.8 Å². The van der Waals surface area contributed by atoms with Gasteiger partial charge in [-0.2, -0.15) is 5.10 Å². The Morgan fingerprint density at radius 2 is 1.65 bits per heavy atom. The van der Waals surface area contributed by atoms with Gasteiger partial charge in [-0.15, -0.1) is 0 Å². The maximum atomic E-state index is 13.4. The number of aromatic nitrogens is 4. The molecule has 4 aromatic rings. The number of nitrogens with zero attached hydrogens (tertiary/aromatic N) is 8. The highest BCUT2D eigenvalue weighted by molar-refractivity contribution is 6.23. The van der Waals surface area contributed by atoms with Crippen molar-refractivity contribution in [2.75, 3.05) is 81.9 Å². The number of rotatable bonds is 11. The van der Waals surface area contributed by atoms with Crippen molar-refractivity contribution in [1.82, 2.24) is 40.2 Å². The van der Waals surface area contributed by atoms with Crippen molar-refractivity contribution in [2.24, 2.45) is 5.92 Å². The van der Waals surface area contributed by atoms with Crippen molar-refractivity contribution in [1.29, 1.82) is 0 Å². The Balaban J connectivity index is 0.672. The summed E-state index contributed by atoms with van der Waals surface area (Å²) in [4.78, 5) is 70.7. The molecule has 2 aromatic carbocycles. The van der Waals surface area contributed by atoms with Crippen LogP contribution in [0.4, 0.5) is 11.5 Å². The molecule has 0 bridgehead atoms. The zero-order valence-corrected chi connectivity index (χ0v) is 34.1. The molecule has 2 N–H and O–H groups in total. The van der Waals surface area contributed by atoms with Crippen LogP contribution in [-0.2, 0) is 14.3 Å². The van der Waals surface area contributed by atoms with E-state index in [0.29, 0.717) is 23.7 Å². The topological polar surface area (TPSA) is 169 Å². The van der Waals surface area contributed by atoms with Gasteiger partial charge in [0, 0.05) is 89.0 Å². The fourth-order valence-electron chi connectivity index (χ4n) is 9.48. The minimum absolute atomic E-state index is 0.0551. The van der Waals surface area contributed by atoms with Gasteiger partial charge >= 0.3 is 0 Å². The summed E-state index contributed by atoms with van der Waals surface area (Å²) in [7, 11) is 0. The van der Waals surface area contributed by atoms with Crippen LogP contribution in [-0.4, -0.2) is 148 Å². The number of anilines is 2. The van der Waals surface area contributed by atoms with Gasteiger partial charge in [-0.1, -0.05) is 0 Å². The van der Waals surface area contributed by atoms with Gasteiger partial charge < -0.3 is 29.1 Å². The minimum atomic E-state index is -0.958. The molecule has 7 heterocycles. The normalized spacial score (nSPS) is 24.0. The molecule has 10 rings (SSSR count). The third kappa shape index (κ3) is 7.83. The molecule has 1 saturated carbocycles. The smallest absolute Gasteiger partial charge is 0.262 e. The van der Waals surface area contributed by atoms with E-state index < -0.39 is 23.8 Å². The van der Waals surface area contributed by atoms with Gasteiger partial charge in [0.1, 0.15) is 35.2 Å². The number of aromatic amines is 1. The van der Waals surface area contributed by atoms with Crippen LogP contribution in [0.25, 0.3) is 22.3 Å². The highest BCUT2D eigenvalue weighted by atomic mass is 16.5. The predicted octanol–water partition coefficient (Wildman–Crippen LogP) is 3.48. The summed E-state index contributed by atoms with van der Waals surface area (Å²) < 4.78 is 12.5. The summed E-state index contributed by atoms with van der Waals surface area (Å²) in [6.45, 7) is 12.4. The first-order valence-corrected chi connectivity index (χ1v) is 21.6. The first kappa shape index (κ1) is 38.7. The van der Waals surface area contributed by atoms with Crippen LogP contribution in [0.5, 0.6) is 5.75 Å². The van der Waals surface area contributed by atoms with Crippen molar-refractivity contribution in [2.45, 2.75) is 69.6 Å². The summed E-state index contributed by atoms with van der Waals surface area (Å²) >= 11 is 0. The number of hydrogen-bond donors (Lipinski definition) is 2. The van der Waals surface area contributed by atoms with Gasteiger partial charge in [-0.05, 0) is 87.8 Å². The summed E-state index contributed by atoms with van der Waals surface area (Å²) in [5.41, 5.74) is 4.04. The third-order valence-electron chi connectivity index (χ3n) is 13.4. The molecule has 0 spiro atoms. The number of hydrogen-bond acceptors (Lipinski definition) is 13. The Hall–Kier alpha value is -5.45. The molecule has 0 radical (unpaired) electrons. The number of H-pyrrole nitrogens is 1. The average Bonchev–Trinajstić information content (AvgIpc) is 3.75. The number of carbonyl (C=O) groups is 4. The number of ether oxygens (including phenoxy) is 2. The van der Waals surface area contributed by atoms with E-state index in [1.54, 1.807) is 18.5 Å². The van der Waals surface area contributed by atoms with E-state index in [4.69, 9.17) is 9.47 Å². The van der Waals surface area contributed by atoms with Crippen LogP contribution in [0.1, 0.15) is 72.6 Å². The van der Waals surface area contributed by atoms with Gasteiger partial charge in [-0.3, -0.25) is 34.5 Å². The Morgan fingerprint density at radius 3 is 2.45 bits per heavy atom. The van der Waals surface area contributed by atoms with Gasteiger partial charge in [0.25, 0.3) is 11.8 Å². The van der Waals surface area contributed by atoms with E-state index in [-0.39, 0.29) is 30.5 Å². The van der Waals surface area contributed by atoms with Crippen molar-refractivity contribution in [3.05, 3.63) is 59.9 Å². The summed E-state index contributed by atoms with van der Waals surface area (Å²) in [5, 5.41) is 11.0. The zero-order valence-electron chi connectivity index (χ0n) is 34.1. The molecule has 1 aliphatic carbocycles. The van der Waals surface area contributed by atoms with Crippen molar-refractivity contribution < 1.29 is 28.7 Å². The summed E-state index contributed by atoms with van der Waals surface area (Å²) in [6, 6.07) is 12.6. The van der Waals surface area contributed by atoms with Crippen molar-refractivity contribution in [3.8, 4) is 17.1 Å². The monoisotopic (exact) mass is 816 g/mol. The molecule has 5 aliphatic heterocycles. The Bertz CT molecular complexity index is 2310. The molecular formula is C44H52N10O6. The quantitative estimate of drug-likeness (QED) is 0.211. The SMILES string of the molecule is CC1(Oc2ccc3[nH]nc(-c4cc(N5CCO[C@H](CCN6CCN(CC7CCN(c8ccc9c(c8)C(=O)N(C8CCC(=O)NC8=O)C9=O)CC7)CC6)C5)ncn4)c3c2)CC1. The molecule has 16 nitrogen and oxygen atoms in total. The molecule has 4 saturated heterocycles. The second kappa shape index (κ2) is 15.9. The fraction of sp³-hybridized carbons (Fsp3) is 0.523. The number of imide groups is 2. The number of amides is 4. The third-order valence-corrected chi connectivity index (χ3v) is 13.4. The molecule has 2 aromatic heterocycles. The second-order valence-electron chi connectivity index (χ2n) is 17.6. The van der Waals surface area contributed by atoms with E-state index in [9.17, 15) is 19.2 Å². The molecule has 60 heavy (non-hydrogen) atoms. The van der Waals surface area contributed by atoms with E-state index in [1.807, 2.05) is 24.3 Å². The number of piperazine rings is 1. The van der Waals surface area contributed by atoms with Crippen LogP contribution >= 0.6 is 0 Å². The van der Waals surface area contributed by atoms with Crippen LogP contribution in [0.2, 0.25) is 0 Å². The number of benzene rings is 2. The lowest BCUT2D eigenvalue weighted by atomic mass is 9.95. The van der Waals surface area contributed by atoms with E-state index in [0.717, 1.165) is 142 Å². The second-order valence-corrected chi connectivity index (χ2v) is 17.6. The summed E-state index contributed by atoms with van der Waals surface area (Å²) in [5.74, 6) is 0.436. The minimum Gasteiger partial charge on any atom is -0.488 e.